The number of pyridine rings is 2. The fraction of sp³-hybridized carbons (Fsp3) is 0.478. The molecule has 2 fully saturated rings. The van der Waals surface area contributed by atoms with Crippen molar-refractivity contribution in [2.75, 3.05) is 44.0 Å². The van der Waals surface area contributed by atoms with Crippen LogP contribution in [0.4, 0.5) is 22.0 Å². The molecular weight excluding hydrogens is 406 g/mol. The predicted molar refractivity (Wildman–Crippen MR) is 127 cm³/mol. The number of amides is 2. The van der Waals surface area contributed by atoms with Gasteiger partial charge < -0.3 is 26.1 Å². The summed E-state index contributed by atoms with van der Waals surface area (Å²) in [6, 6.07) is 4.56. The van der Waals surface area contributed by atoms with Gasteiger partial charge in [0.15, 0.2) is 0 Å². The first-order valence-electron chi connectivity index (χ1n) is 11.0. The molecule has 2 saturated heterocycles. The van der Waals surface area contributed by atoms with Crippen molar-refractivity contribution in [1.82, 2.24) is 14.9 Å². The first-order valence-corrected chi connectivity index (χ1v) is 11.0. The Morgan fingerprint density at radius 3 is 2.78 bits per heavy atom. The largest absolute Gasteiger partial charge is 0.381 e. The highest BCUT2D eigenvalue weighted by Crippen LogP contribution is 2.29. The van der Waals surface area contributed by atoms with Crippen molar-refractivity contribution in [3.8, 4) is 0 Å². The summed E-state index contributed by atoms with van der Waals surface area (Å²) < 4.78 is 5.51. The van der Waals surface area contributed by atoms with E-state index in [1.807, 2.05) is 19.1 Å². The third-order valence-corrected chi connectivity index (χ3v) is 5.81. The Kier molecular flexibility index (Phi) is 8.52. The van der Waals surface area contributed by atoms with E-state index < -0.39 is 6.03 Å². The number of primary amides is 1. The number of rotatable bonds is 5. The summed E-state index contributed by atoms with van der Waals surface area (Å²) in [4.78, 5) is 21.4. The van der Waals surface area contributed by atoms with E-state index in [1.165, 1.54) is 44.8 Å². The minimum Gasteiger partial charge on any atom is -0.381 e. The number of anilines is 3. The smallest absolute Gasteiger partial charge is 0.317 e. The van der Waals surface area contributed by atoms with Gasteiger partial charge in [-0.15, -0.1) is 0 Å². The molecular formula is C23H33N7O2. The summed E-state index contributed by atoms with van der Waals surface area (Å²) in [5.74, 6) is 2.09. The molecule has 2 aromatic rings. The maximum Gasteiger partial charge on any atom is 0.317 e. The maximum absolute atomic E-state index is 10.8. The molecule has 172 valence electrons. The van der Waals surface area contributed by atoms with E-state index in [2.05, 4.69) is 32.5 Å². The maximum atomic E-state index is 10.8. The molecule has 2 amide bonds. The van der Waals surface area contributed by atoms with E-state index in [-0.39, 0.29) is 0 Å². The number of nitrogens with zero attached hydrogens (tertiary/aromatic N) is 3. The molecule has 0 radical (unpaired) electrons. The molecule has 2 aliphatic heterocycles. The fourth-order valence-electron chi connectivity index (χ4n) is 4.16. The Morgan fingerprint density at radius 2 is 2.16 bits per heavy atom. The van der Waals surface area contributed by atoms with E-state index in [1.54, 1.807) is 12.3 Å². The minimum absolute atomic E-state index is 0.299. The number of aryl methyl sites for hydroxylation is 1. The van der Waals surface area contributed by atoms with Crippen LogP contribution in [0.2, 0.25) is 0 Å². The van der Waals surface area contributed by atoms with Gasteiger partial charge in [0.05, 0.1) is 11.9 Å². The third kappa shape index (κ3) is 7.00. The molecule has 0 bridgehead atoms. The number of carbonyl (C=O) groups is 1. The molecule has 0 aromatic carbocycles. The molecule has 0 spiro atoms. The highest BCUT2D eigenvalue weighted by atomic mass is 16.5. The van der Waals surface area contributed by atoms with Crippen LogP contribution in [0.15, 0.2) is 30.6 Å². The normalized spacial score (nSPS) is 20.7. The Balaban J connectivity index is 0.000000204. The molecule has 2 aromatic heterocycles. The third-order valence-electron chi connectivity index (χ3n) is 5.81. The van der Waals surface area contributed by atoms with E-state index >= 15 is 0 Å². The molecule has 2 unspecified atom stereocenters. The van der Waals surface area contributed by atoms with Crippen LogP contribution in [0.1, 0.15) is 30.5 Å². The van der Waals surface area contributed by atoms with Crippen molar-refractivity contribution < 1.29 is 9.53 Å². The standard InChI is InChI=1S/C13H14N6O.C10H19NO/c1-8-4-10(2-3-16-8)18-11-7-17-12(19-13(15)20)5-9(11)6-14;1-11-5-4-9(7-11)10-3-2-6-12-8-10/h2-7,14H,1H3,(H,16,18)(H3,15,17,19,20);9-10H,2-8H2,1H3. The van der Waals surface area contributed by atoms with Gasteiger partial charge in [-0.2, -0.15) is 0 Å². The number of carbonyl (C=O) groups excluding carboxylic acids is 1. The van der Waals surface area contributed by atoms with Gasteiger partial charge >= 0.3 is 6.03 Å². The second-order valence-electron chi connectivity index (χ2n) is 8.39. The lowest BCUT2D eigenvalue weighted by Gasteiger charge is -2.27. The number of nitrogens with one attached hydrogen (secondary N) is 3. The van der Waals surface area contributed by atoms with Crippen molar-refractivity contribution >= 4 is 29.4 Å². The van der Waals surface area contributed by atoms with Crippen molar-refractivity contribution in [3.63, 3.8) is 0 Å². The SMILES string of the molecule is CN1CCC(C2CCCOC2)C1.Cc1cc(Nc2cnc(NC(N)=O)cc2C=N)ccn1. The van der Waals surface area contributed by atoms with Crippen molar-refractivity contribution in [1.29, 1.82) is 5.41 Å². The second kappa shape index (κ2) is 11.5. The van der Waals surface area contributed by atoms with Gasteiger partial charge in [0.2, 0.25) is 0 Å². The van der Waals surface area contributed by atoms with Gasteiger partial charge in [-0.05, 0) is 69.8 Å². The van der Waals surface area contributed by atoms with E-state index in [4.69, 9.17) is 15.9 Å². The van der Waals surface area contributed by atoms with Crippen molar-refractivity contribution in [3.05, 3.63) is 41.9 Å². The number of nitrogens with two attached hydrogens (primary N) is 1. The first-order chi connectivity index (χ1) is 15.4. The topological polar surface area (TPSA) is 129 Å². The summed E-state index contributed by atoms with van der Waals surface area (Å²) in [5.41, 5.74) is 7.99. The summed E-state index contributed by atoms with van der Waals surface area (Å²) in [5, 5.41) is 12.9. The molecule has 2 aliphatic rings. The lowest BCUT2D eigenvalue weighted by molar-refractivity contribution is 0.0326. The van der Waals surface area contributed by atoms with Gasteiger partial charge in [-0.25, -0.2) is 9.78 Å². The Hall–Kier alpha value is -3.04. The van der Waals surface area contributed by atoms with Gasteiger partial charge in [0, 0.05) is 49.1 Å². The van der Waals surface area contributed by atoms with Crippen LogP contribution in [-0.2, 0) is 4.74 Å². The molecule has 0 saturated carbocycles. The highest BCUT2D eigenvalue weighted by molar-refractivity contribution is 5.91. The second-order valence-corrected chi connectivity index (χ2v) is 8.39. The number of hydrogen-bond donors (Lipinski definition) is 4. The van der Waals surface area contributed by atoms with E-state index in [0.29, 0.717) is 17.1 Å². The van der Waals surface area contributed by atoms with Crippen LogP contribution in [0.5, 0.6) is 0 Å². The summed E-state index contributed by atoms with van der Waals surface area (Å²) in [6.45, 7) is 6.51. The fourth-order valence-corrected chi connectivity index (χ4v) is 4.16. The summed E-state index contributed by atoms with van der Waals surface area (Å²) >= 11 is 0. The van der Waals surface area contributed by atoms with Crippen LogP contribution in [0.3, 0.4) is 0 Å². The number of aromatic nitrogens is 2. The quantitative estimate of drug-likeness (QED) is 0.529. The zero-order valence-corrected chi connectivity index (χ0v) is 18.8. The Labute approximate surface area is 189 Å². The number of urea groups is 1. The predicted octanol–water partition coefficient (Wildman–Crippen LogP) is 3.38. The van der Waals surface area contributed by atoms with Crippen LogP contribution in [0.25, 0.3) is 0 Å². The summed E-state index contributed by atoms with van der Waals surface area (Å²) in [7, 11) is 2.23. The monoisotopic (exact) mass is 439 g/mol. The van der Waals surface area contributed by atoms with Gasteiger partial charge in [0.25, 0.3) is 0 Å². The highest BCUT2D eigenvalue weighted by Gasteiger charge is 2.28. The number of likely N-dealkylation sites (tertiary alicyclic amines) is 1. The zero-order chi connectivity index (χ0) is 22.9. The van der Waals surface area contributed by atoms with E-state index in [9.17, 15) is 4.79 Å². The van der Waals surface area contributed by atoms with Gasteiger partial charge in [0.1, 0.15) is 5.82 Å². The molecule has 32 heavy (non-hydrogen) atoms. The first kappa shape index (κ1) is 23.6. The van der Waals surface area contributed by atoms with Gasteiger partial charge in [-0.3, -0.25) is 10.3 Å². The summed E-state index contributed by atoms with van der Waals surface area (Å²) in [6.07, 6.45) is 8.47. The molecule has 9 heteroatoms. The Bertz CT molecular complexity index is 912. The lowest BCUT2D eigenvalue weighted by atomic mass is 9.87. The molecule has 5 N–H and O–H groups in total. The van der Waals surface area contributed by atoms with E-state index in [0.717, 1.165) is 36.4 Å². The lowest BCUT2D eigenvalue weighted by Crippen LogP contribution is -2.26. The van der Waals surface area contributed by atoms with Crippen LogP contribution in [0, 0.1) is 24.2 Å². The zero-order valence-electron chi connectivity index (χ0n) is 18.8. The average Bonchev–Trinajstić information content (AvgIpc) is 3.22. The van der Waals surface area contributed by atoms with Crippen molar-refractivity contribution in [2.24, 2.45) is 17.6 Å². The molecule has 4 heterocycles. The van der Waals surface area contributed by atoms with Crippen molar-refractivity contribution in [2.45, 2.75) is 26.2 Å². The van der Waals surface area contributed by atoms with Gasteiger partial charge in [-0.1, -0.05) is 0 Å². The Morgan fingerprint density at radius 1 is 1.31 bits per heavy atom. The minimum atomic E-state index is -0.695. The van der Waals surface area contributed by atoms with Crippen LogP contribution in [-0.4, -0.2) is 60.5 Å². The number of ether oxygens (including phenoxy) is 1. The average molecular weight is 440 g/mol. The molecule has 4 rings (SSSR count). The molecule has 9 nitrogen and oxygen atoms in total. The van der Waals surface area contributed by atoms with Crippen LogP contribution >= 0.6 is 0 Å². The molecule has 0 aliphatic carbocycles. The van der Waals surface area contributed by atoms with Crippen LogP contribution < -0.4 is 16.4 Å². The number of hydrogen-bond acceptors (Lipinski definition) is 7. The molecule has 2 atom stereocenters.